The highest BCUT2D eigenvalue weighted by Gasteiger charge is 2.13. The normalized spacial score (nSPS) is 19.1. The lowest BCUT2D eigenvalue weighted by atomic mass is 9.87. The van der Waals surface area contributed by atoms with E-state index in [0.717, 1.165) is 31.6 Å². The van der Waals surface area contributed by atoms with Crippen LogP contribution >= 0.6 is 0 Å². The van der Waals surface area contributed by atoms with Crippen LogP contribution in [-0.2, 0) is 11.4 Å². The van der Waals surface area contributed by atoms with E-state index in [1.165, 1.54) is 5.57 Å². The van der Waals surface area contributed by atoms with Crippen LogP contribution < -0.4 is 5.32 Å². The maximum absolute atomic E-state index is 11.9. The van der Waals surface area contributed by atoms with Gasteiger partial charge in [-0.2, -0.15) is 0 Å². The maximum atomic E-state index is 11.9. The van der Waals surface area contributed by atoms with Crippen LogP contribution in [0.3, 0.4) is 0 Å². The molecule has 19 heavy (non-hydrogen) atoms. The van der Waals surface area contributed by atoms with Crippen LogP contribution in [0.25, 0.3) is 0 Å². The van der Waals surface area contributed by atoms with Crippen molar-refractivity contribution in [2.24, 2.45) is 5.92 Å². The number of aliphatic hydroxyl groups excluding tert-OH is 1. The zero-order valence-corrected chi connectivity index (χ0v) is 11.2. The Labute approximate surface area is 113 Å². The fourth-order valence-electron chi connectivity index (χ4n) is 2.31. The Balaban J connectivity index is 1.99. The van der Waals surface area contributed by atoms with Crippen LogP contribution in [0.4, 0.5) is 5.69 Å². The average molecular weight is 260 g/mol. The molecular weight excluding hydrogens is 240 g/mol. The van der Waals surface area contributed by atoms with Gasteiger partial charge in [-0.15, -0.1) is 0 Å². The Morgan fingerprint density at radius 2 is 2.26 bits per heavy atom. The van der Waals surface area contributed by atoms with Gasteiger partial charge in [0.25, 0.3) is 0 Å². The maximum Gasteiger partial charge on any atom is 0.248 e. The number of anilines is 1. The predicted molar refractivity (Wildman–Crippen MR) is 74.5 cm³/mol. The number of hydrogen-bond donors (Lipinski definition) is 2. The number of rotatable bonds is 3. The third kappa shape index (κ3) is 3.89. The molecule has 0 saturated heterocycles. The molecule has 2 N–H and O–H groups in total. The Kier molecular flexibility index (Phi) is 4.68. The summed E-state index contributed by atoms with van der Waals surface area (Å²) >= 11 is 0. The molecule has 1 aliphatic carbocycles. The first kappa shape index (κ1) is 13.7. The summed E-state index contributed by atoms with van der Waals surface area (Å²) in [6, 6.07) is 1.70. The van der Waals surface area contributed by atoms with Gasteiger partial charge in [-0.3, -0.25) is 9.78 Å². The van der Waals surface area contributed by atoms with Crippen molar-refractivity contribution < 1.29 is 9.90 Å². The summed E-state index contributed by atoms with van der Waals surface area (Å²) in [4.78, 5) is 15.9. The van der Waals surface area contributed by atoms with Crippen LogP contribution in [0.15, 0.2) is 30.1 Å². The lowest BCUT2D eigenvalue weighted by molar-refractivity contribution is -0.112. The van der Waals surface area contributed by atoms with E-state index in [-0.39, 0.29) is 12.5 Å². The van der Waals surface area contributed by atoms with Crippen LogP contribution in [-0.4, -0.2) is 16.0 Å². The fraction of sp³-hybridized carbons (Fsp3) is 0.467. The number of pyridine rings is 1. The first-order valence-electron chi connectivity index (χ1n) is 6.73. The molecule has 1 aromatic rings. The van der Waals surface area contributed by atoms with Crippen molar-refractivity contribution in [1.82, 2.24) is 4.98 Å². The second kappa shape index (κ2) is 6.48. The highest BCUT2D eigenvalue weighted by molar-refractivity contribution is 6.00. The Morgan fingerprint density at radius 1 is 1.53 bits per heavy atom. The van der Waals surface area contributed by atoms with Crippen LogP contribution in [0.2, 0.25) is 0 Å². The van der Waals surface area contributed by atoms with E-state index in [9.17, 15) is 9.90 Å². The van der Waals surface area contributed by atoms with Crippen LogP contribution in [0.5, 0.6) is 0 Å². The number of aliphatic hydroxyl groups is 1. The molecule has 0 unspecified atom stereocenters. The zero-order valence-electron chi connectivity index (χ0n) is 11.2. The first-order valence-corrected chi connectivity index (χ1v) is 6.73. The molecule has 2 rings (SSSR count). The number of carbonyl (C=O) groups is 1. The van der Waals surface area contributed by atoms with Crippen molar-refractivity contribution in [1.29, 1.82) is 0 Å². The van der Waals surface area contributed by atoms with Gasteiger partial charge >= 0.3 is 0 Å². The Morgan fingerprint density at radius 3 is 2.95 bits per heavy atom. The molecule has 4 heteroatoms. The van der Waals surface area contributed by atoms with Gasteiger partial charge in [0.15, 0.2) is 0 Å². The zero-order chi connectivity index (χ0) is 13.7. The lowest BCUT2D eigenvalue weighted by Crippen LogP contribution is -2.13. The molecule has 0 radical (unpaired) electrons. The van der Waals surface area contributed by atoms with Gasteiger partial charge < -0.3 is 10.4 Å². The quantitative estimate of drug-likeness (QED) is 0.821. The third-order valence-corrected chi connectivity index (χ3v) is 3.59. The summed E-state index contributed by atoms with van der Waals surface area (Å²) < 4.78 is 0. The minimum atomic E-state index is -0.132. The van der Waals surface area contributed by atoms with Crippen molar-refractivity contribution in [2.75, 3.05) is 5.32 Å². The molecule has 1 heterocycles. The van der Waals surface area contributed by atoms with Gasteiger partial charge in [0.05, 0.1) is 18.5 Å². The average Bonchev–Trinajstić information content (AvgIpc) is 2.42. The summed E-state index contributed by atoms with van der Waals surface area (Å²) in [5, 5.41) is 12.0. The topological polar surface area (TPSA) is 62.2 Å². The summed E-state index contributed by atoms with van der Waals surface area (Å²) in [6.07, 6.45) is 9.19. The summed E-state index contributed by atoms with van der Waals surface area (Å²) in [7, 11) is 0. The molecule has 0 aromatic carbocycles. The van der Waals surface area contributed by atoms with Crippen molar-refractivity contribution in [3.8, 4) is 0 Å². The standard InChI is InChI=1S/C15H20N2O2/c1-11-2-4-12(5-3-11)8-15(19)17-14-9-16-7-6-13(14)10-18/h6-9,11,18H,2-5,10H2,1H3,(H,17,19). The smallest absolute Gasteiger partial charge is 0.248 e. The van der Waals surface area contributed by atoms with Crippen molar-refractivity contribution >= 4 is 11.6 Å². The molecule has 0 spiro atoms. The SMILES string of the molecule is CC1CCC(=CC(=O)Nc2cnccc2CO)CC1. The number of nitrogens with one attached hydrogen (secondary N) is 1. The van der Waals surface area contributed by atoms with E-state index in [1.807, 2.05) is 0 Å². The fourth-order valence-corrected chi connectivity index (χ4v) is 2.31. The third-order valence-electron chi connectivity index (χ3n) is 3.59. The highest BCUT2D eigenvalue weighted by atomic mass is 16.3. The van der Waals surface area contributed by atoms with Crippen LogP contribution in [0.1, 0.15) is 38.2 Å². The molecule has 1 amide bonds. The summed E-state index contributed by atoms with van der Waals surface area (Å²) in [5.41, 5.74) is 2.47. The minimum absolute atomic E-state index is 0.105. The molecule has 1 aliphatic rings. The van der Waals surface area contributed by atoms with Crippen molar-refractivity contribution in [2.45, 2.75) is 39.2 Å². The number of allylic oxidation sites excluding steroid dienone is 1. The van der Waals surface area contributed by atoms with E-state index < -0.39 is 0 Å². The number of hydrogen-bond acceptors (Lipinski definition) is 3. The molecule has 1 fully saturated rings. The summed E-state index contributed by atoms with van der Waals surface area (Å²) in [6.45, 7) is 2.15. The number of aromatic nitrogens is 1. The molecule has 102 valence electrons. The molecule has 4 nitrogen and oxygen atoms in total. The van der Waals surface area contributed by atoms with Gasteiger partial charge in [-0.25, -0.2) is 0 Å². The molecule has 0 atom stereocenters. The first-order chi connectivity index (χ1) is 9.19. The second-order valence-corrected chi connectivity index (χ2v) is 5.17. The van der Waals surface area contributed by atoms with E-state index in [4.69, 9.17) is 0 Å². The number of amides is 1. The minimum Gasteiger partial charge on any atom is -0.392 e. The lowest BCUT2D eigenvalue weighted by Gasteiger charge is -2.19. The molecule has 1 saturated carbocycles. The predicted octanol–water partition coefficient (Wildman–Crippen LogP) is 2.65. The number of carbonyl (C=O) groups excluding carboxylic acids is 1. The van der Waals surface area contributed by atoms with Gasteiger partial charge in [0, 0.05) is 17.8 Å². The van der Waals surface area contributed by atoms with E-state index in [2.05, 4.69) is 17.2 Å². The van der Waals surface area contributed by atoms with Gasteiger partial charge in [0.1, 0.15) is 0 Å². The summed E-state index contributed by atoms with van der Waals surface area (Å²) in [5.74, 6) is 0.631. The molecule has 1 aromatic heterocycles. The molecular formula is C15H20N2O2. The van der Waals surface area contributed by atoms with E-state index in [0.29, 0.717) is 11.3 Å². The second-order valence-electron chi connectivity index (χ2n) is 5.17. The Bertz CT molecular complexity index is 473. The van der Waals surface area contributed by atoms with Crippen molar-refractivity contribution in [3.05, 3.63) is 35.7 Å². The van der Waals surface area contributed by atoms with E-state index >= 15 is 0 Å². The van der Waals surface area contributed by atoms with Gasteiger partial charge in [0.2, 0.25) is 5.91 Å². The van der Waals surface area contributed by atoms with Gasteiger partial charge in [-0.05, 0) is 37.7 Å². The van der Waals surface area contributed by atoms with E-state index in [1.54, 1.807) is 24.5 Å². The monoisotopic (exact) mass is 260 g/mol. The van der Waals surface area contributed by atoms with Crippen molar-refractivity contribution in [3.63, 3.8) is 0 Å². The molecule has 0 aliphatic heterocycles. The largest absolute Gasteiger partial charge is 0.392 e. The Hall–Kier alpha value is -1.68. The van der Waals surface area contributed by atoms with Gasteiger partial charge in [-0.1, -0.05) is 12.5 Å². The van der Waals surface area contributed by atoms with Crippen LogP contribution in [0, 0.1) is 5.92 Å². The number of nitrogens with zero attached hydrogens (tertiary/aromatic N) is 1. The molecule has 0 bridgehead atoms. The highest BCUT2D eigenvalue weighted by Crippen LogP contribution is 2.27.